The molecule has 0 unspecified atom stereocenters. The van der Waals surface area contributed by atoms with Crippen LogP contribution in [0.4, 0.5) is 5.69 Å². The van der Waals surface area contributed by atoms with Crippen molar-refractivity contribution in [3.8, 4) is 0 Å². The molecule has 2 rings (SSSR count). The van der Waals surface area contributed by atoms with E-state index in [4.69, 9.17) is 23.2 Å². The second-order valence-electron chi connectivity index (χ2n) is 5.05. The van der Waals surface area contributed by atoms with Gasteiger partial charge >= 0.3 is 0 Å². The highest BCUT2D eigenvalue weighted by molar-refractivity contribution is 7.88. The first-order valence-electron chi connectivity index (χ1n) is 6.54. The Morgan fingerprint density at radius 3 is 2.18 bits per heavy atom. The average molecular weight is 364 g/mol. The van der Waals surface area contributed by atoms with Gasteiger partial charge in [-0.05, 0) is 17.7 Å². The van der Waals surface area contributed by atoms with E-state index in [9.17, 15) is 13.2 Å². The molecule has 0 aromatic heterocycles. The zero-order valence-electron chi connectivity index (χ0n) is 11.9. The Bertz CT molecular complexity index is 686. The lowest BCUT2D eigenvalue weighted by molar-refractivity contribution is 0.182. The summed E-state index contributed by atoms with van der Waals surface area (Å²) in [5.41, 5.74) is 1.09. The summed E-state index contributed by atoms with van der Waals surface area (Å²) in [7, 11) is -3.13. The molecular formula is C13H15Cl2N3O3S. The quantitative estimate of drug-likeness (QED) is 0.606. The maximum Gasteiger partial charge on any atom is 0.240 e. The van der Waals surface area contributed by atoms with Crippen molar-refractivity contribution in [2.75, 3.05) is 32.4 Å². The summed E-state index contributed by atoms with van der Waals surface area (Å²) in [6.07, 6.45) is 2.64. The molecule has 0 amide bonds. The Labute approximate surface area is 139 Å². The van der Waals surface area contributed by atoms with Crippen LogP contribution < -0.4 is 0 Å². The number of sulfonamides is 1. The minimum absolute atomic E-state index is 0.212. The fraction of sp³-hybridized carbons (Fsp3) is 0.462. The predicted octanol–water partition coefficient (Wildman–Crippen LogP) is 2.04. The van der Waals surface area contributed by atoms with Crippen molar-refractivity contribution in [3.05, 3.63) is 27.7 Å². The van der Waals surface area contributed by atoms with E-state index >= 15 is 0 Å². The fourth-order valence-electron chi connectivity index (χ4n) is 2.34. The Hall–Kier alpha value is -0.950. The molecule has 0 N–H and O–H groups in total. The third kappa shape index (κ3) is 4.29. The van der Waals surface area contributed by atoms with Crippen molar-refractivity contribution in [3.63, 3.8) is 0 Å². The van der Waals surface area contributed by atoms with E-state index in [1.807, 2.05) is 0 Å². The second-order valence-corrected chi connectivity index (χ2v) is 7.85. The first kappa shape index (κ1) is 17.4. The highest BCUT2D eigenvalue weighted by Gasteiger charge is 2.23. The summed E-state index contributed by atoms with van der Waals surface area (Å²) in [6.45, 7) is 2.80. The van der Waals surface area contributed by atoms with Gasteiger partial charge in [-0.3, -0.25) is 4.90 Å². The molecule has 1 aliphatic heterocycles. The average Bonchev–Trinajstić information content (AvgIpc) is 2.42. The van der Waals surface area contributed by atoms with Crippen LogP contribution in [0, 0.1) is 0 Å². The number of rotatable bonds is 4. The van der Waals surface area contributed by atoms with Crippen molar-refractivity contribution < 1.29 is 13.2 Å². The Kier molecular flexibility index (Phi) is 5.60. The highest BCUT2D eigenvalue weighted by atomic mass is 35.5. The van der Waals surface area contributed by atoms with E-state index in [2.05, 4.69) is 9.89 Å². The van der Waals surface area contributed by atoms with E-state index in [1.54, 1.807) is 12.1 Å². The topological polar surface area (TPSA) is 70.1 Å². The van der Waals surface area contributed by atoms with Gasteiger partial charge in [-0.1, -0.05) is 23.2 Å². The van der Waals surface area contributed by atoms with Crippen LogP contribution in [-0.2, 0) is 21.4 Å². The lowest BCUT2D eigenvalue weighted by atomic mass is 10.2. The molecule has 0 saturated carbocycles. The highest BCUT2D eigenvalue weighted by Crippen LogP contribution is 2.34. The number of piperazine rings is 1. The van der Waals surface area contributed by atoms with Gasteiger partial charge in [-0.15, -0.1) is 0 Å². The summed E-state index contributed by atoms with van der Waals surface area (Å²) in [5.74, 6) is 0. The number of hydrogen-bond acceptors (Lipinski definition) is 5. The van der Waals surface area contributed by atoms with Crippen molar-refractivity contribution >= 4 is 45.0 Å². The van der Waals surface area contributed by atoms with Crippen LogP contribution in [0.15, 0.2) is 17.1 Å². The smallest absolute Gasteiger partial charge is 0.240 e. The van der Waals surface area contributed by atoms with Crippen LogP contribution in [0.25, 0.3) is 0 Å². The molecule has 0 atom stereocenters. The molecule has 22 heavy (non-hydrogen) atoms. The van der Waals surface area contributed by atoms with Gasteiger partial charge in [0, 0.05) is 32.7 Å². The lowest BCUT2D eigenvalue weighted by Gasteiger charge is -2.33. The fourth-order valence-corrected chi connectivity index (χ4v) is 3.78. The maximum atomic E-state index is 11.5. The maximum absolute atomic E-state index is 11.5. The molecule has 120 valence electrons. The summed E-state index contributed by atoms with van der Waals surface area (Å²) in [6, 6.07) is 3.40. The molecule has 1 aromatic carbocycles. The van der Waals surface area contributed by atoms with Gasteiger partial charge in [0.05, 0.1) is 16.3 Å². The SMILES string of the molecule is CS(=O)(=O)N1CCN(Cc2cc(Cl)c(N=C=O)c(Cl)c2)CC1. The predicted molar refractivity (Wildman–Crippen MR) is 85.9 cm³/mol. The van der Waals surface area contributed by atoms with Crippen LogP contribution in [0.5, 0.6) is 0 Å². The zero-order chi connectivity index (χ0) is 16.3. The second kappa shape index (κ2) is 7.08. The number of halogens is 2. The molecule has 1 aliphatic rings. The standard InChI is InChI=1S/C13H15Cl2N3O3S/c1-22(20,21)18-4-2-17(3-5-18)8-10-6-11(14)13(16-9-19)12(15)7-10/h6-7H,2-5,8H2,1H3. The van der Waals surface area contributed by atoms with E-state index in [-0.39, 0.29) is 5.69 Å². The Morgan fingerprint density at radius 1 is 1.18 bits per heavy atom. The normalized spacial score (nSPS) is 17.2. The first-order valence-corrected chi connectivity index (χ1v) is 9.15. The van der Waals surface area contributed by atoms with Gasteiger partial charge in [-0.2, -0.15) is 9.30 Å². The molecule has 6 nitrogen and oxygen atoms in total. The molecule has 1 aromatic rings. The van der Waals surface area contributed by atoms with Crippen molar-refractivity contribution in [2.45, 2.75) is 6.54 Å². The van der Waals surface area contributed by atoms with Crippen LogP contribution in [0.3, 0.4) is 0 Å². The van der Waals surface area contributed by atoms with Crippen LogP contribution in [0.2, 0.25) is 10.0 Å². The van der Waals surface area contributed by atoms with Crippen LogP contribution >= 0.6 is 23.2 Å². The van der Waals surface area contributed by atoms with Crippen LogP contribution in [-0.4, -0.2) is 56.1 Å². The summed E-state index contributed by atoms with van der Waals surface area (Å²) >= 11 is 12.1. The van der Waals surface area contributed by atoms with Gasteiger partial charge in [0.25, 0.3) is 0 Å². The number of nitrogens with zero attached hydrogens (tertiary/aromatic N) is 3. The molecule has 0 radical (unpaired) electrons. The molecule has 1 saturated heterocycles. The van der Waals surface area contributed by atoms with Gasteiger partial charge in [0.1, 0.15) is 5.69 Å². The van der Waals surface area contributed by atoms with E-state index < -0.39 is 10.0 Å². The minimum Gasteiger partial charge on any atom is -0.296 e. The Morgan fingerprint density at radius 2 is 1.73 bits per heavy atom. The van der Waals surface area contributed by atoms with Gasteiger partial charge in [0.15, 0.2) is 0 Å². The monoisotopic (exact) mass is 363 g/mol. The minimum atomic E-state index is -3.13. The number of carbonyl (C=O) groups excluding carboxylic acids is 1. The first-order chi connectivity index (χ1) is 10.3. The Balaban J connectivity index is 2.05. The van der Waals surface area contributed by atoms with E-state index in [1.165, 1.54) is 16.6 Å². The molecule has 0 aliphatic carbocycles. The summed E-state index contributed by atoms with van der Waals surface area (Å²) in [4.78, 5) is 15.9. The van der Waals surface area contributed by atoms with Crippen molar-refractivity contribution in [2.24, 2.45) is 4.99 Å². The number of aliphatic imine (C=N–C) groups is 1. The van der Waals surface area contributed by atoms with Crippen molar-refractivity contribution in [1.82, 2.24) is 9.21 Å². The molecule has 0 spiro atoms. The third-order valence-electron chi connectivity index (χ3n) is 3.44. The lowest BCUT2D eigenvalue weighted by Crippen LogP contribution is -2.47. The molecule has 1 fully saturated rings. The number of benzene rings is 1. The molecule has 0 bridgehead atoms. The van der Waals surface area contributed by atoms with E-state index in [0.717, 1.165) is 5.56 Å². The summed E-state index contributed by atoms with van der Waals surface area (Å²) < 4.78 is 24.4. The number of isocyanates is 1. The van der Waals surface area contributed by atoms with Gasteiger partial charge in [0.2, 0.25) is 16.1 Å². The summed E-state index contributed by atoms with van der Waals surface area (Å²) in [5, 5.41) is 0.584. The molecule has 9 heteroatoms. The van der Waals surface area contributed by atoms with Crippen molar-refractivity contribution in [1.29, 1.82) is 0 Å². The molecule has 1 heterocycles. The van der Waals surface area contributed by atoms with E-state index in [0.29, 0.717) is 42.8 Å². The zero-order valence-corrected chi connectivity index (χ0v) is 14.2. The molecular weight excluding hydrogens is 349 g/mol. The van der Waals surface area contributed by atoms with Gasteiger partial charge in [-0.25, -0.2) is 13.2 Å². The van der Waals surface area contributed by atoms with Crippen LogP contribution in [0.1, 0.15) is 5.56 Å². The third-order valence-corrected chi connectivity index (χ3v) is 5.32. The largest absolute Gasteiger partial charge is 0.296 e. The van der Waals surface area contributed by atoms with Gasteiger partial charge < -0.3 is 0 Å². The number of hydrogen-bond donors (Lipinski definition) is 0.